The molecule has 0 atom stereocenters. The van der Waals surface area contributed by atoms with Crippen LogP contribution in [0.15, 0.2) is 30.5 Å². The van der Waals surface area contributed by atoms with E-state index in [0.717, 1.165) is 0 Å². The van der Waals surface area contributed by atoms with Crippen LogP contribution in [-0.2, 0) is 7.05 Å². The summed E-state index contributed by atoms with van der Waals surface area (Å²) in [4.78, 5) is 11.8. The molecule has 0 saturated heterocycles. The van der Waals surface area contributed by atoms with Crippen molar-refractivity contribution in [2.45, 2.75) is 0 Å². The Kier molecular flexibility index (Phi) is 2.78. The van der Waals surface area contributed by atoms with Crippen molar-refractivity contribution in [3.8, 4) is 0 Å². The third-order valence-electron chi connectivity index (χ3n) is 2.31. The van der Waals surface area contributed by atoms with Gasteiger partial charge in [0.2, 0.25) is 0 Å². The van der Waals surface area contributed by atoms with Gasteiger partial charge in [0, 0.05) is 12.6 Å². The third kappa shape index (κ3) is 2.25. The Labute approximate surface area is 97.0 Å². The van der Waals surface area contributed by atoms with Gasteiger partial charge in [-0.3, -0.25) is 9.48 Å². The molecule has 2 aromatic rings. The van der Waals surface area contributed by atoms with Crippen molar-refractivity contribution >= 4 is 17.4 Å². The number of nitrogens with zero attached hydrogens (tertiary/aromatic N) is 2. The van der Waals surface area contributed by atoms with E-state index in [0.29, 0.717) is 17.1 Å². The van der Waals surface area contributed by atoms with E-state index in [1.165, 1.54) is 35.1 Å². The number of aromatic nitrogens is 2. The summed E-state index contributed by atoms with van der Waals surface area (Å²) < 4.78 is 14.1. The maximum Gasteiger partial charge on any atom is 0.256 e. The lowest BCUT2D eigenvalue weighted by atomic mass is 10.2. The Hall–Kier alpha value is -2.37. The van der Waals surface area contributed by atoms with Crippen molar-refractivity contribution in [1.29, 1.82) is 0 Å². The number of hydrogen-bond acceptors (Lipinski definition) is 3. The smallest absolute Gasteiger partial charge is 0.256 e. The highest BCUT2D eigenvalue weighted by molar-refractivity contribution is 6.05. The monoisotopic (exact) mass is 234 g/mol. The molecule has 0 saturated carbocycles. The molecule has 1 heterocycles. The standard InChI is InChI=1S/C11H11FN4O/c1-16-10(9(13)6-14-16)15-11(17)7-2-4-8(12)5-3-7/h2-6H,13H2,1H3,(H,15,17). The molecule has 0 radical (unpaired) electrons. The molecule has 0 spiro atoms. The normalized spacial score (nSPS) is 10.2. The van der Waals surface area contributed by atoms with Crippen molar-refractivity contribution in [2.24, 2.45) is 7.05 Å². The van der Waals surface area contributed by atoms with Crippen LogP contribution in [-0.4, -0.2) is 15.7 Å². The zero-order valence-electron chi connectivity index (χ0n) is 9.14. The lowest BCUT2D eigenvalue weighted by Crippen LogP contribution is -2.15. The van der Waals surface area contributed by atoms with Crippen LogP contribution < -0.4 is 11.1 Å². The predicted molar refractivity (Wildman–Crippen MR) is 62.0 cm³/mol. The quantitative estimate of drug-likeness (QED) is 0.824. The zero-order chi connectivity index (χ0) is 12.4. The fourth-order valence-corrected chi connectivity index (χ4v) is 1.39. The van der Waals surface area contributed by atoms with Gasteiger partial charge in [0.05, 0.1) is 11.9 Å². The van der Waals surface area contributed by atoms with Gasteiger partial charge in [-0.2, -0.15) is 5.10 Å². The van der Waals surface area contributed by atoms with Crippen LogP contribution >= 0.6 is 0 Å². The fraction of sp³-hybridized carbons (Fsp3) is 0.0909. The van der Waals surface area contributed by atoms with E-state index in [9.17, 15) is 9.18 Å². The lowest BCUT2D eigenvalue weighted by Gasteiger charge is -2.06. The number of nitrogens with two attached hydrogens (primary N) is 1. The first-order valence-corrected chi connectivity index (χ1v) is 4.92. The molecule has 0 aliphatic heterocycles. The van der Waals surface area contributed by atoms with Crippen LogP contribution in [0.3, 0.4) is 0 Å². The Morgan fingerprint density at radius 2 is 2.06 bits per heavy atom. The van der Waals surface area contributed by atoms with Gasteiger partial charge < -0.3 is 11.1 Å². The number of anilines is 2. The van der Waals surface area contributed by atoms with E-state index >= 15 is 0 Å². The highest BCUT2D eigenvalue weighted by Gasteiger charge is 2.11. The number of nitrogen functional groups attached to an aromatic ring is 1. The minimum atomic E-state index is -0.387. The molecule has 0 aliphatic carbocycles. The average Bonchev–Trinajstić information content (AvgIpc) is 2.61. The topological polar surface area (TPSA) is 72.9 Å². The molecule has 0 unspecified atom stereocenters. The second kappa shape index (κ2) is 4.25. The summed E-state index contributed by atoms with van der Waals surface area (Å²) in [7, 11) is 1.66. The number of carbonyl (C=O) groups excluding carboxylic acids is 1. The largest absolute Gasteiger partial charge is 0.394 e. The molecule has 1 aromatic carbocycles. The summed E-state index contributed by atoms with van der Waals surface area (Å²) in [6, 6.07) is 5.25. The Balaban J connectivity index is 2.20. The van der Waals surface area contributed by atoms with Crippen molar-refractivity contribution in [3.05, 3.63) is 41.8 Å². The number of aryl methyl sites for hydroxylation is 1. The van der Waals surface area contributed by atoms with Crippen molar-refractivity contribution in [1.82, 2.24) is 9.78 Å². The number of benzene rings is 1. The van der Waals surface area contributed by atoms with Crippen LogP contribution in [0.2, 0.25) is 0 Å². The summed E-state index contributed by atoms with van der Waals surface area (Å²) in [5, 5.41) is 6.50. The van der Waals surface area contributed by atoms with E-state index in [4.69, 9.17) is 5.73 Å². The van der Waals surface area contributed by atoms with E-state index < -0.39 is 0 Å². The lowest BCUT2D eigenvalue weighted by molar-refractivity contribution is 0.102. The SMILES string of the molecule is Cn1ncc(N)c1NC(=O)c1ccc(F)cc1. The van der Waals surface area contributed by atoms with Gasteiger partial charge in [-0.25, -0.2) is 4.39 Å². The van der Waals surface area contributed by atoms with Crippen LogP contribution in [0.4, 0.5) is 15.9 Å². The predicted octanol–water partition coefficient (Wildman–Crippen LogP) is 1.39. The molecule has 1 amide bonds. The first-order chi connectivity index (χ1) is 8.08. The minimum Gasteiger partial charge on any atom is -0.394 e. The summed E-state index contributed by atoms with van der Waals surface area (Å²) in [6.45, 7) is 0. The molecule has 6 heteroatoms. The first kappa shape index (κ1) is 11.1. The minimum absolute atomic E-state index is 0.354. The van der Waals surface area contributed by atoms with Gasteiger partial charge in [-0.1, -0.05) is 0 Å². The first-order valence-electron chi connectivity index (χ1n) is 4.92. The van der Waals surface area contributed by atoms with E-state index in [1.807, 2.05) is 0 Å². The van der Waals surface area contributed by atoms with E-state index in [2.05, 4.69) is 10.4 Å². The van der Waals surface area contributed by atoms with Crippen LogP contribution in [0.25, 0.3) is 0 Å². The molecule has 0 bridgehead atoms. The number of amides is 1. The number of hydrogen-bond donors (Lipinski definition) is 2. The summed E-state index contributed by atoms with van der Waals surface area (Å²) >= 11 is 0. The second-order valence-electron chi connectivity index (χ2n) is 3.53. The highest BCUT2D eigenvalue weighted by Crippen LogP contribution is 2.16. The Bertz CT molecular complexity index is 528. The molecule has 2 rings (SSSR count). The van der Waals surface area contributed by atoms with Crippen LogP contribution in [0.1, 0.15) is 10.4 Å². The van der Waals surface area contributed by atoms with Crippen molar-refractivity contribution in [3.63, 3.8) is 0 Å². The van der Waals surface area contributed by atoms with Gasteiger partial charge in [0.15, 0.2) is 5.82 Å². The van der Waals surface area contributed by atoms with Gasteiger partial charge in [0.1, 0.15) is 5.82 Å². The summed E-state index contributed by atoms with van der Waals surface area (Å²) in [5.41, 5.74) is 6.37. The fourth-order valence-electron chi connectivity index (χ4n) is 1.39. The Morgan fingerprint density at radius 1 is 1.41 bits per heavy atom. The van der Waals surface area contributed by atoms with Gasteiger partial charge >= 0.3 is 0 Å². The molecule has 88 valence electrons. The number of rotatable bonds is 2. The summed E-state index contributed by atoms with van der Waals surface area (Å²) in [5.74, 6) is -0.332. The van der Waals surface area contributed by atoms with Gasteiger partial charge in [-0.15, -0.1) is 0 Å². The molecular weight excluding hydrogens is 223 g/mol. The van der Waals surface area contributed by atoms with Gasteiger partial charge in [-0.05, 0) is 24.3 Å². The number of halogens is 1. The average molecular weight is 234 g/mol. The molecule has 3 N–H and O–H groups in total. The molecular formula is C11H11FN4O. The molecule has 1 aromatic heterocycles. The third-order valence-corrected chi connectivity index (χ3v) is 2.31. The van der Waals surface area contributed by atoms with Gasteiger partial charge in [0.25, 0.3) is 5.91 Å². The molecule has 5 nitrogen and oxygen atoms in total. The maximum absolute atomic E-state index is 12.7. The van der Waals surface area contributed by atoms with Crippen LogP contribution in [0, 0.1) is 5.82 Å². The van der Waals surface area contributed by atoms with Crippen molar-refractivity contribution < 1.29 is 9.18 Å². The zero-order valence-corrected chi connectivity index (χ0v) is 9.14. The number of carbonyl (C=O) groups is 1. The Morgan fingerprint density at radius 3 is 2.59 bits per heavy atom. The molecule has 17 heavy (non-hydrogen) atoms. The molecule has 0 fully saturated rings. The second-order valence-corrected chi connectivity index (χ2v) is 3.53. The van der Waals surface area contributed by atoms with Crippen molar-refractivity contribution in [2.75, 3.05) is 11.1 Å². The van der Waals surface area contributed by atoms with E-state index in [-0.39, 0.29) is 11.7 Å². The maximum atomic E-state index is 12.7. The molecule has 0 aliphatic rings. The summed E-state index contributed by atoms with van der Waals surface area (Å²) in [6.07, 6.45) is 1.44. The number of nitrogens with one attached hydrogen (secondary N) is 1. The van der Waals surface area contributed by atoms with E-state index in [1.54, 1.807) is 7.05 Å². The van der Waals surface area contributed by atoms with Crippen LogP contribution in [0.5, 0.6) is 0 Å². The highest BCUT2D eigenvalue weighted by atomic mass is 19.1.